The standard InChI is InChI=1S/C11H20N2O2/c1-9(14)8-13(3)11(15)10-4-6-12(2)7-5-10/h10H,4-8H2,1-3H3. The summed E-state index contributed by atoms with van der Waals surface area (Å²) in [4.78, 5) is 26.6. The molecule has 86 valence electrons. The van der Waals surface area contributed by atoms with Gasteiger partial charge in [-0.3, -0.25) is 9.59 Å². The quantitative estimate of drug-likeness (QED) is 0.679. The lowest BCUT2D eigenvalue weighted by Gasteiger charge is -2.30. The summed E-state index contributed by atoms with van der Waals surface area (Å²) in [5, 5.41) is 0. The predicted octanol–water partition coefficient (Wildman–Crippen LogP) is 0.376. The van der Waals surface area contributed by atoms with Crippen molar-refractivity contribution in [2.45, 2.75) is 19.8 Å². The number of carbonyl (C=O) groups excluding carboxylic acids is 2. The zero-order chi connectivity index (χ0) is 11.4. The van der Waals surface area contributed by atoms with Crippen molar-refractivity contribution in [3.8, 4) is 0 Å². The van der Waals surface area contributed by atoms with Crippen molar-refractivity contribution < 1.29 is 9.59 Å². The fourth-order valence-electron chi connectivity index (χ4n) is 1.98. The van der Waals surface area contributed by atoms with Crippen LogP contribution in [0.5, 0.6) is 0 Å². The summed E-state index contributed by atoms with van der Waals surface area (Å²) >= 11 is 0. The number of rotatable bonds is 3. The van der Waals surface area contributed by atoms with E-state index in [2.05, 4.69) is 11.9 Å². The zero-order valence-corrected chi connectivity index (χ0v) is 9.82. The number of ketones is 1. The van der Waals surface area contributed by atoms with E-state index in [1.165, 1.54) is 6.92 Å². The SMILES string of the molecule is CC(=O)CN(C)C(=O)C1CCN(C)CC1. The molecule has 4 nitrogen and oxygen atoms in total. The van der Waals surface area contributed by atoms with Crippen LogP contribution < -0.4 is 0 Å². The third-order valence-corrected chi connectivity index (χ3v) is 2.90. The summed E-state index contributed by atoms with van der Waals surface area (Å²) in [6, 6.07) is 0. The van der Waals surface area contributed by atoms with Crippen LogP contribution in [0.25, 0.3) is 0 Å². The Balaban J connectivity index is 2.42. The van der Waals surface area contributed by atoms with E-state index in [1.807, 2.05) is 0 Å². The van der Waals surface area contributed by atoms with E-state index >= 15 is 0 Å². The van der Waals surface area contributed by atoms with E-state index < -0.39 is 0 Å². The van der Waals surface area contributed by atoms with E-state index in [9.17, 15) is 9.59 Å². The molecule has 0 atom stereocenters. The van der Waals surface area contributed by atoms with Gasteiger partial charge in [-0.1, -0.05) is 0 Å². The molecule has 0 aromatic carbocycles. The van der Waals surface area contributed by atoms with Gasteiger partial charge in [0.1, 0.15) is 5.78 Å². The second-order valence-corrected chi connectivity index (χ2v) is 4.47. The summed E-state index contributed by atoms with van der Waals surface area (Å²) in [5.41, 5.74) is 0. The smallest absolute Gasteiger partial charge is 0.225 e. The third kappa shape index (κ3) is 3.63. The number of amides is 1. The minimum Gasteiger partial charge on any atom is -0.338 e. The van der Waals surface area contributed by atoms with Gasteiger partial charge in [-0.05, 0) is 39.9 Å². The van der Waals surface area contributed by atoms with Crippen LogP contribution in [-0.2, 0) is 9.59 Å². The molecule has 0 spiro atoms. The van der Waals surface area contributed by atoms with Gasteiger partial charge >= 0.3 is 0 Å². The Bertz CT molecular complexity index is 245. The van der Waals surface area contributed by atoms with Gasteiger partial charge in [0, 0.05) is 13.0 Å². The predicted molar refractivity (Wildman–Crippen MR) is 58.5 cm³/mol. The summed E-state index contributed by atoms with van der Waals surface area (Å²) in [5.74, 6) is 0.280. The number of carbonyl (C=O) groups is 2. The molecule has 0 N–H and O–H groups in total. The molecule has 0 aliphatic carbocycles. The average Bonchev–Trinajstić information content (AvgIpc) is 2.17. The van der Waals surface area contributed by atoms with Crippen molar-refractivity contribution in [3.05, 3.63) is 0 Å². The van der Waals surface area contributed by atoms with E-state index in [0.717, 1.165) is 25.9 Å². The van der Waals surface area contributed by atoms with Crippen molar-refractivity contribution in [1.82, 2.24) is 9.80 Å². The normalized spacial score (nSPS) is 18.9. The Morgan fingerprint density at radius 2 is 1.87 bits per heavy atom. The maximum absolute atomic E-state index is 11.9. The van der Waals surface area contributed by atoms with Crippen LogP contribution in [0.1, 0.15) is 19.8 Å². The molecule has 1 rings (SSSR count). The number of nitrogens with zero attached hydrogens (tertiary/aromatic N) is 2. The van der Waals surface area contributed by atoms with Crippen LogP contribution in [-0.4, -0.2) is 55.2 Å². The van der Waals surface area contributed by atoms with E-state index in [-0.39, 0.29) is 24.2 Å². The lowest BCUT2D eigenvalue weighted by Crippen LogP contribution is -2.41. The van der Waals surface area contributed by atoms with Crippen LogP contribution in [0.4, 0.5) is 0 Å². The molecular formula is C11H20N2O2. The highest BCUT2D eigenvalue weighted by Gasteiger charge is 2.25. The molecule has 0 aromatic rings. The molecule has 0 saturated carbocycles. The molecule has 1 saturated heterocycles. The lowest BCUT2D eigenvalue weighted by atomic mass is 9.96. The van der Waals surface area contributed by atoms with E-state index in [1.54, 1.807) is 11.9 Å². The Morgan fingerprint density at radius 3 is 2.33 bits per heavy atom. The topological polar surface area (TPSA) is 40.6 Å². The first-order chi connectivity index (χ1) is 7.00. The van der Waals surface area contributed by atoms with Gasteiger partial charge in [-0.25, -0.2) is 0 Å². The number of hydrogen-bond donors (Lipinski definition) is 0. The fraction of sp³-hybridized carbons (Fsp3) is 0.818. The summed E-state index contributed by atoms with van der Waals surface area (Å²) in [6.45, 7) is 3.71. The maximum atomic E-state index is 11.9. The number of likely N-dealkylation sites (N-methyl/N-ethyl adjacent to an activating group) is 1. The first kappa shape index (κ1) is 12.2. The average molecular weight is 212 g/mol. The van der Waals surface area contributed by atoms with Crippen molar-refractivity contribution in [3.63, 3.8) is 0 Å². The van der Waals surface area contributed by atoms with Crippen LogP contribution in [0.2, 0.25) is 0 Å². The molecule has 0 bridgehead atoms. The van der Waals surface area contributed by atoms with Gasteiger partial charge in [0.15, 0.2) is 0 Å². The highest BCUT2D eigenvalue weighted by Crippen LogP contribution is 2.17. The summed E-state index contributed by atoms with van der Waals surface area (Å²) in [7, 11) is 3.78. The maximum Gasteiger partial charge on any atom is 0.225 e. The Morgan fingerprint density at radius 1 is 1.33 bits per heavy atom. The molecule has 15 heavy (non-hydrogen) atoms. The molecule has 0 unspecified atom stereocenters. The number of Topliss-reactive ketones (excluding diaryl/α,β-unsaturated/α-hetero) is 1. The monoisotopic (exact) mass is 212 g/mol. The van der Waals surface area contributed by atoms with Crippen molar-refractivity contribution in [2.75, 3.05) is 33.7 Å². The molecule has 1 fully saturated rings. The minimum absolute atomic E-state index is 0.0405. The van der Waals surface area contributed by atoms with E-state index in [4.69, 9.17) is 0 Å². The molecule has 0 radical (unpaired) electrons. The van der Waals surface area contributed by atoms with Gasteiger partial charge in [0.2, 0.25) is 5.91 Å². The van der Waals surface area contributed by atoms with Crippen LogP contribution in [0, 0.1) is 5.92 Å². The fourth-order valence-corrected chi connectivity index (χ4v) is 1.98. The Labute approximate surface area is 91.2 Å². The molecule has 0 aromatic heterocycles. The lowest BCUT2D eigenvalue weighted by molar-refractivity contribution is -0.138. The van der Waals surface area contributed by atoms with Gasteiger partial charge in [-0.15, -0.1) is 0 Å². The van der Waals surface area contributed by atoms with Crippen LogP contribution >= 0.6 is 0 Å². The zero-order valence-electron chi connectivity index (χ0n) is 9.82. The molecular weight excluding hydrogens is 192 g/mol. The van der Waals surface area contributed by atoms with Gasteiger partial charge in [-0.2, -0.15) is 0 Å². The van der Waals surface area contributed by atoms with Gasteiger partial charge in [0.05, 0.1) is 6.54 Å². The van der Waals surface area contributed by atoms with Crippen molar-refractivity contribution in [2.24, 2.45) is 5.92 Å². The highest BCUT2D eigenvalue weighted by molar-refractivity contribution is 5.85. The van der Waals surface area contributed by atoms with Crippen molar-refractivity contribution in [1.29, 1.82) is 0 Å². The van der Waals surface area contributed by atoms with Crippen LogP contribution in [0.15, 0.2) is 0 Å². The molecule has 1 aliphatic heterocycles. The minimum atomic E-state index is 0.0405. The molecule has 4 heteroatoms. The second-order valence-electron chi connectivity index (χ2n) is 4.47. The van der Waals surface area contributed by atoms with Gasteiger partial charge < -0.3 is 9.80 Å². The largest absolute Gasteiger partial charge is 0.338 e. The number of likely N-dealkylation sites (tertiary alicyclic amines) is 1. The first-order valence-corrected chi connectivity index (χ1v) is 5.43. The Kier molecular flexibility index (Phi) is 4.27. The second kappa shape index (κ2) is 5.26. The molecule has 1 amide bonds. The molecule has 1 heterocycles. The Hall–Kier alpha value is -0.900. The van der Waals surface area contributed by atoms with Crippen LogP contribution in [0.3, 0.4) is 0 Å². The third-order valence-electron chi connectivity index (χ3n) is 2.90. The summed E-state index contributed by atoms with van der Waals surface area (Å²) < 4.78 is 0. The molecule has 1 aliphatic rings. The number of piperidine rings is 1. The van der Waals surface area contributed by atoms with E-state index in [0.29, 0.717) is 0 Å². The summed E-state index contributed by atoms with van der Waals surface area (Å²) in [6.07, 6.45) is 1.83. The highest BCUT2D eigenvalue weighted by atomic mass is 16.2. The number of hydrogen-bond acceptors (Lipinski definition) is 3. The van der Waals surface area contributed by atoms with Gasteiger partial charge in [0.25, 0.3) is 0 Å². The first-order valence-electron chi connectivity index (χ1n) is 5.43. The van der Waals surface area contributed by atoms with Crippen molar-refractivity contribution >= 4 is 11.7 Å².